The van der Waals surface area contributed by atoms with Crippen LogP contribution >= 0.6 is 0 Å². The molecule has 1 aliphatic rings. The number of aryl methyl sites for hydroxylation is 3. The molecule has 2 heterocycles. The fourth-order valence-corrected chi connectivity index (χ4v) is 2.76. The Morgan fingerprint density at radius 3 is 2.86 bits per heavy atom. The van der Waals surface area contributed by atoms with Gasteiger partial charge in [0.15, 0.2) is 0 Å². The minimum atomic E-state index is -0.169. The number of benzene rings is 1. The molecule has 4 nitrogen and oxygen atoms in total. The Bertz CT molecular complexity index is 688. The van der Waals surface area contributed by atoms with Gasteiger partial charge in [-0.25, -0.2) is 4.39 Å². The van der Waals surface area contributed by atoms with E-state index in [0.717, 1.165) is 47.7 Å². The zero-order chi connectivity index (χ0) is 14.8. The summed E-state index contributed by atoms with van der Waals surface area (Å²) in [5, 5.41) is 7.65. The molecule has 3 rings (SSSR count). The summed E-state index contributed by atoms with van der Waals surface area (Å²) >= 11 is 0. The van der Waals surface area contributed by atoms with E-state index in [9.17, 15) is 4.39 Å². The normalized spacial score (nSPS) is 14.1. The molecule has 0 atom stereocenters. The standard InChI is InChI=1S/C16H19FN4/c1-11-10-21(2)20-15(11)7-6-12-13(4-3-5-14(12)17)16-18-8-9-19-16/h3-5,10H,6-9H2,1-2H3,(H,18,19). The van der Waals surface area contributed by atoms with Crippen LogP contribution in [0.1, 0.15) is 22.4 Å². The van der Waals surface area contributed by atoms with Crippen LogP contribution in [0.3, 0.4) is 0 Å². The highest BCUT2D eigenvalue weighted by atomic mass is 19.1. The molecule has 0 amide bonds. The largest absolute Gasteiger partial charge is 0.368 e. The van der Waals surface area contributed by atoms with Crippen molar-refractivity contribution in [2.24, 2.45) is 12.0 Å². The monoisotopic (exact) mass is 286 g/mol. The number of amidine groups is 1. The number of aliphatic imine (C=N–C) groups is 1. The molecule has 0 saturated heterocycles. The van der Waals surface area contributed by atoms with Gasteiger partial charge in [0.05, 0.1) is 12.2 Å². The van der Waals surface area contributed by atoms with Crippen LogP contribution in [-0.2, 0) is 19.9 Å². The van der Waals surface area contributed by atoms with E-state index in [1.54, 1.807) is 10.7 Å². The maximum Gasteiger partial charge on any atom is 0.128 e. The van der Waals surface area contributed by atoms with Gasteiger partial charge in [-0.3, -0.25) is 9.67 Å². The minimum absolute atomic E-state index is 0.169. The lowest BCUT2D eigenvalue weighted by molar-refractivity contribution is 0.606. The van der Waals surface area contributed by atoms with Crippen molar-refractivity contribution >= 4 is 5.84 Å². The highest BCUT2D eigenvalue weighted by molar-refractivity contribution is 6.01. The van der Waals surface area contributed by atoms with E-state index < -0.39 is 0 Å². The molecule has 0 bridgehead atoms. The number of hydrogen-bond acceptors (Lipinski definition) is 3. The summed E-state index contributed by atoms with van der Waals surface area (Å²) in [5.41, 5.74) is 3.76. The number of rotatable bonds is 4. The zero-order valence-corrected chi connectivity index (χ0v) is 12.4. The van der Waals surface area contributed by atoms with Gasteiger partial charge in [0, 0.05) is 25.4 Å². The van der Waals surface area contributed by atoms with Gasteiger partial charge in [0.1, 0.15) is 11.7 Å². The third-order valence-corrected chi connectivity index (χ3v) is 3.77. The Hall–Kier alpha value is -2.17. The van der Waals surface area contributed by atoms with Gasteiger partial charge in [0.2, 0.25) is 0 Å². The Morgan fingerprint density at radius 1 is 1.33 bits per heavy atom. The number of aromatic nitrogens is 2. The lowest BCUT2D eigenvalue weighted by Gasteiger charge is -2.11. The molecule has 0 fully saturated rings. The topological polar surface area (TPSA) is 42.2 Å². The van der Waals surface area contributed by atoms with Crippen LogP contribution in [-0.4, -0.2) is 28.7 Å². The average molecular weight is 286 g/mol. The van der Waals surface area contributed by atoms with Crippen LogP contribution < -0.4 is 5.32 Å². The summed E-state index contributed by atoms with van der Waals surface area (Å²) in [4.78, 5) is 4.40. The van der Waals surface area contributed by atoms with Gasteiger partial charge in [-0.2, -0.15) is 5.10 Å². The molecule has 0 radical (unpaired) electrons. The summed E-state index contributed by atoms with van der Waals surface area (Å²) in [6.07, 6.45) is 3.34. The van der Waals surface area contributed by atoms with Crippen molar-refractivity contribution < 1.29 is 4.39 Å². The summed E-state index contributed by atoms with van der Waals surface area (Å²) in [7, 11) is 1.90. The second kappa shape index (κ2) is 5.68. The lowest BCUT2D eigenvalue weighted by atomic mass is 9.99. The highest BCUT2D eigenvalue weighted by Gasteiger charge is 2.16. The molecule has 0 aliphatic carbocycles. The van der Waals surface area contributed by atoms with Crippen molar-refractivity contribution in [3.05, 3.63) is 52.6 Å². The molecule has 2 aromatic rings. The smallest absolute Gasteiger partial charge is 0.128 e. The van der Waals surface area contributed by atoms with Gasteiger partial charge in [-0.05, 0) is 37.0 Å². The van der Waals surface area contributed by atoms with Crippen molar-refractivity contribution in [1.82, 2.24) is 15.1 Å². The first-order valence-corrected chi connectivity index (χ1v) is 7.20. The van der Waals surface area contributed by atoms with Gasteiger partial charge in [-0.15, -0.1) is 0 Å². The molecular formula is C16H19FN4. The minimum Gasteiger partial charge on any atom is -0.368 e. The third-order valence-electron chi connectivity index (χ3n) is 3.77. The number of hydrogen-bond donors (Lipinski definition) is 1. The van der Waals surface area contributed by atoms with E-state index in [1.807, 2.05) is 26.2 Å². The molecule has 0 saturated carbocycles. The highest BCUT2D eigenvalue weighted by Crippen LogP contribution is 2.18. The van der Waals surface area contributed by atoms with Gasteiger partial charge >= 0.3 is 0 Å². The maximum absolute atomic E-state index is 14.2. The fourth-order valence-electron chi connectivity index (χ4n) is 2.76. The van der Waals surface area contributed by atoms with Gasteiger partial charge < -0.3 is 5.32 Å². The Labute approximate surface area is 123 Å². The second-order valence-corrected chi connectivity index (χ2v) is 5.36. The summed E-state index contributed by atoms with van der Waals surface area (Å²) in [5.74, 6) is 0.639. The van der Waals surface area contributed by atoms with Crippen molar-refractivity contribution in [3.8, 4) is 0 Å². The van der Waals surface area contributed by atoms with E-state index >= 15 is 0 Å². The summed E-state index contributed by atoms with van der Waals surface area (Å²) in [6.45, 7) is 3.61. The lowest BCUT2D eigenvalue weighted by Crippen LogP contribution is -2.21. The van der Waals surface area contributed by atoms with Crippen LogP contribution in [0.15, 0.2) is 29.4 Å². The second-order valence-electron chi connectivity index (χ2n) is 5.36. The van der Waals surface area contributed by atoms with Crippen LogP contribution in [0.2, 0.25) is 0 Å². The summed E-state index contributed by atoms with van der Waals surface area (Å²) < 4.78 is 16.0. The molecule has 0 spiro atoms. The van der Waals surface area contributed by atoms with E-state index in [2.05, 4.69) is 15.4 Å². The van der Waals surface area contributed by atoms with Crippen molar-refractivity contribution in [3.63, 3.8) is 0 Å². The molecule has 1 aliphatic heterocycles. The SMILES string of the molecule is Cc1cn(C)nc1CCc1c(F)cccc1C1=NCCN1. The predicted octanol–water partition coefficient (Wildman–Crippen LogP) is 2.00. The van der Waals surface area contributed by atoms with Crippen molar-refractivity contribution in [1.29, 1.82) is 0 Å². The van der Waals surface area contributed by atoms with Crippen LogP contribution in [0.25, 0.3) is 0 Å². The first kappa shape index (κ1) is 13.8. The molecular weight excluding hydrogens is 267 g/mol. The zero-order valence-electron chi connectivity index (χ0n) is 12.4. The number of nitrogens with zero attached hydrogens (tertiary/aromatic N) is 3. The van der Waals surface area contributed by atoms with Crippen LogP contribution in [0.4, 0.5) is 4.39 Å². The first-order valence-electron chi connectivity index (χ1n) is 7.20. The molecule has 5 heteroatoms. The number of nitrogens with one attached hydrogen (secondary N) is 1. The van der Waals surface area contributed by atoms with E-state index in [0.29, 0.717) is 6.42 Å². The molecule has 110 valence electrons. The Kier molecular flexibility index (Phi) is 3.73. The molecule has 1 aromatic carbocycles. The molecule has 0 unspecified atom stereocenters. The van der Waals surface area contributed by atoms with Gasteiger partial charge in [-0.1, -0.05) is 12.1 Å². The summed E-state index contributed by atoms with van der Waals surface area (Å²) in [6, 6.07) is 5.18. The average Bonchev–Trinajstić information content (AvgIpc) is 3.07. The number of halogens is 1. The van der Waals surface area contributed by atoms with E-state index in [4.69, 9.17) is 0 Å². The predicted molar refractivity (Wildman–Crippen MR) is 81.2 cm³/mol. The fraction of sp³-hybridized carbons (Fsp3) is 0.375. The Morgan fingerprint density at radius 2 is 2.19 bits per heavy atom. The Balaban J connectivity index is 1.86. The third kappa shape index (κ3) is 2.82. The van der Waals surface area contributed by atoms with Crippen molar-refractivity contribution in [2.75, 3.05) is 13.1 Å². The molecule has 21 heavy (non-hydrogen) atoms. The maximum atomic E-state index is 14.2. The van der Waals surface area contributed by atoms with E-state index in [1.165, 1.54) is 6.07 Å². The van der Waals surface area contributed by atoms with Crippen LogP contribution in [0, 0.1) is 12.7 Å². The quantitative estimate of drug-likeness (QED) is 0.934. The first-order chi connectivity index (χ1) is 10.1. The van der Waals surface area contributed by atoms with E-state index in [-0.39, 0.29) is 5.82 Å². The van der Waals surface area contributed by atoms with Crippen molar-refractivity contribution in [2.45, 2.75) is 19.8 Å². The van der Waals surface area contributed by atoms with Crippen LogP contribution in [0.5, 0.6) is 0 Å². The molecule has 1 N–H and O–H groups in total. The molecule has 1 aromatic heterocycles. The van der Waals surface area contributed by atoms with Gasteiger partial charge in [0.25, 0.3) is 0 Å².